The first-order valence-corrected chi connectivity index (χ1v) is 10.0. The first-order valence-electron chi connectivity index (χ1n) is 10.0. The lowest BCUT2D eigenvalue weighted by molar-refractivity contribution is -0.116. The molecule has 0 atom stereocenters. The van der Waals surface area contributed by atoms with Crippen molar-refractivity contribution in [3.05, 3.63) is 84.2 Å². The lowest BCUT2D eigenvalue weighted by atomic mass is 10.00. The van der Waals surface area contributed by atoms with Crippen molar-refractivity contribution in [1.29, 1.82) is 0 Å². The van der Waals surface area contributed by atoms with Gasteiger partial charge in [0.25, 0.3) is 0 Å². The average molecular weight is 413 g/mol. The molecule has 0 spiro atoms. The Kier molecular flexibility index (Phi) is 6.08. The number of rotatable bonds is 7. The largest absolute Gasteiger partial charge is 0.496 e. The van der Waals surface area contributed by atoms with Gasteiger partial charge in [-0.15, -0.1) is 0 Å². The number of hydrogen-bond donors (Lipinski definition) is 1. The minimum absolute atomic E-state index is 0.132. The van der Waals surface area contributed by atoms with Crippen molar-refractivity contribution >= 4 is 11.8 Å². The van der Waals surface area contributed by atoms with Gasteiger partial charge in [-0.05, 0) is 60.4 Å². The molecule has 2 heterocycles. The van der Waals surface area contributed by atoms with Crippen LogP contribution in [0.3, 0.4) is 0 Å². The van der Waals surface area contributed by atoms with Crippen molar-refractivity contribution in [2.75, 3.05) is 12.4 Å². The van der Waals surface area contributed by atoms with Gasteiger partial charge in [-0.1, -0.05) is 35.5 Å². The molecule has 0 aliphatic carbocycles. The highest BCUT2D eigenvalue weighted by molar-refractivity contribution is 5.97. The van der Waals surface area contributed by atoms with Gasteiger partial charge in [-0.25, -0.2) is 0 Å². The Bertz CT molecular complexity index is 1170. The van der Waals surface area contributed by atoms with Crippen LogP contribution in [0.15, 0.2) is 77.6 Å². The van der Waals surface area contributed by atoms with E-state index in [-0.39, 0.29) is 5.91 Å². The second kappa shape index (κ2) is 9.26. The van der Waals surface area contributed by atoms with Crippen LogP contribution in [0.4, 0.5) is 5.88 Å². The molecule has 0 saturated heterocycles. The van der Waals surface area contributed by atoms with Gasteiger partial charge in [0.05, 0.1) is 12.7 Å². The molecule has 156 valence electrons. The number of amides is 1. The zero-order valence-electron chi connectivity index (χ0n) is 17.5. The van der Waals surface area contributed by atoms with E-state index in [1.54, 1.807) is 19.5 Å². The van der Waals surface area contributed by atoms with Crippen molar-refractivity contribution in [2.24, 2.45) is 0 Å². The minimum atomic E-state index is -0.132. The Labute approximate surface area is 180 Å². The van der Waals surface area contributed by atoms with E-state index in [0.717, 1.165) is 33.6 Å². The summed E-state index contributed by atoms with van der Waals surface area (Å²) in [5.74, 6) is 0.993. The average Bonchev–Trinajstić information content (AvgIpc) is 3.22. The van der Waals surface area contributed by atoms with Gasteiger partial charge >= 0.3 is 0 Å². The third-order valence-corrected chi connectivity index (χ3v) is 5.07. The normalized spacial score (nSPS) is 10.6. The number of pyridine rings is 1. The predicted molar refractivity (Wildman–Crippen MR) is 120 cm³/mol. The zero-order chi connectivity index (χ0) is 21.6. The number of nitrogens with one attached hydrogen (secondary N) is 1. The van der Waals surface area contributed by atoms with Crippen LogP contribution in [-0.2, 0) is 11.2 Å². The summed E-state index contributed by atoms with van der Waals surface area (Å²) in [6.07, 6.45) is 4.40. The standard InChI is InChI=1S/C25H23N3O3/c1-17-16-20(9-10-21(17)30-2)24-23(19-12-14-26-15-13-19)25(31-28-24)27-22(29)11-8-18-6-4-3-5-7-18/h3-7,9-10,12-16H,8,11H2,1-2H3,(H,27,29). The summed E-state index contributed by atoms with van der Waals surface area (Å²) in [6, 6.07) is 19.5. The lowest BCUT2D eigenvalue weighted by Crippen LogP contribution is -2.12. The van der Waals surface area contributed by atoms with Crippen molar-refractivity contribution in [2.45, 2.75) is 19.8 Å². The first kappa shape index (κ1) is 20.3. The molecule has 2 aromatic heterocycles. The van der Waals surface area contributed by atoms with Crippen molar-refractivity contribution in [3.63, 3.8) is 0 Å². The fourth-order valence-corrected chi connectivity index (χ4v) is 3.48. The molecule has 0 radical (unpaired) electrons. The monoisotopic (exact) mass is 413 g/mol. The third kappa shape index (κ3) is 4.64. The Morgan fingerprint density at radius 2 is 1.81 bits per heavy atom. The Hall–Kier alpha value is -3.93. The molecule has 0 bridgehead atoms. The van der Waals surface area contributed by atoms with Crippen molar-refractivity contribution < 1.29 is 14.1 Å². The van der Waals surface area contributed by atoms with Crippen LogP contribution in [-0.4, -0.2) is 23.2 Å². The molecule has 6 heteroatoms. The topological polar surface area (TPSA) is 77.3 Å². The van der Waals surface area contributed by atoms with Crippen LogP contribution in [0.5, 0.6) is 5.75 Å². The third-order valence-electron chi connectivity index (χ3n) is 5.07. The maximum absolute atomic E-state index is 12.6. The maximum atomic E-state index is 12.6. The van der Waals surface area contributed by atoms with Crippen LogP contribution in [0.1, 0.15) is 17.5 Å². The summed E-state index contributed by atoms with van der Waals surface area (Å²) in [6.45, 7) is 1.97. The molecule has 31 heavy (non-hydrogen) atoms. The summed E-state index contributed by atoms with van der Waals surface area (Å²) in [7, 11) is 1.64. The highest BCUT2D eigenvalue weighted by atomic mass is 16.5. The predicted octanol–water partition coefficient (Wildman–Crippen LogP) is 5.29. The summed E-state index contributed by atoms with van der Waals surface area (Å²) < 4.78 is 11.0. The fourth-order valence-electron chi connectivity index (χ4n) is 3.48. The molecule has 0 unspecified atom stereocenters. The van der Waals surface area contributed by atoms with Gasteiger partial charge in [-0.2, -0.15) is 0 Å². The molecule has 4 aromatic rings. The second-order valence-electron chi connectivity index (χ2n) is 7.19. The van der Waals surface area contributed by atoms with Crippen LogP contribution in [0.2, 0.25) is 0 Å². The van der Waals surface area contributed by atoms with Gasteiger partial charge < -0.3 is 9.26 Å². The van der Waals surface area contributed by atoms with Crippen LogP contribution >= 0.6 is 0 Å². The quantitative estimate of drug-likeness (QED) is 0.445. The molecule has 1 amide bonds. The minimum Gasteiger partial charge on any atom is -0.496 e. The van der Waals surface area contributed by atoms with Gasteiger partial charge in [0, 0.05) is 24.4 Å². The maximum Gasteiger partial charge on any atom is 0.239 e. The van der Waals surface area contributed by atoms with Gasteiger partial charge in [-0.3, -0.25) is 15.1 Å². The molecule has 2 aromatic carbocycles. The molecule has 0 aliphatic rings. The fraction of sp³-hybridized carbons (Fsp3) is 0.160. The van der Waals surface area contributed by atoms with E-state index in [1.165, 1.54) is 0 Å². The molecular weight excluding hydrogens is 390 g/mol. The van der Waals surface area contributed by atoms with E-state index in [4.69, 9.17) is 9.26 Å². The Morgan fingerprint density at radius 1 is 1.03 bits per heavy atom. The first-order chi connectivity index (χ1) is 15.2. The molecule has 0 aliphatic heterocycles. The molecule has 1 N–H and O–H groups in total. The molecule has 4 rings (SSSR count). The number of aromatic nitrogens is 2. The van der Waals surface area contributed by atoms with Crippen molar-refractivity contribution in [3.8, 4) is 28.1 Å². The van der Waals surface area contributed by atoms with Crippen LogP contribution in [0, 0.1) is 6.92 Å². The molecule has 6 nitrogen and oxygen atoms in total. The molecule has 0 saturated carbocycles. The number of anilines is 1. The van der Waals surface area contributed by atoms with Crippen LogP contribution < -0.4 is 10.1 Å². The van der Waals surface area contributed by atoms with E-state index in [0.29, 0.717) is 24.4 Å². The highest BCUT2D eigenvalue weighted by Crippen LogP contribution is 2.38. The van der Waals surface area contributed by atoms with E-state index < -0.39 is 0 Å². The second-order valence-corrected chi connectivity index (χ2v) is 7.19. The Morgan fingerprint density at radius 3 is 2.52 bits per heavy atom. The molecule has 0 fully saturated rings. The highest BCUT2D eigenvalue weighted by Gasteiger charge is 2.21. The van der Waals surface area contributed by atoms with E-state index in [1.807, 2.05) is 67.6 Å². The van der Waals surface area contributed by atoms with Gasteiger partial charge in [0.2, 0.25) is 11.8 Å². The number of nitrogens with zero attached hydrogens (tertiary/aromatic N) is 2. The molecular formula is C25H23N3O3. The van der Waals surface area contributed by atoms with Gasteiger partial charge in [0.1, 0.15) is 11.4 Å². The summed E-state index contributed by atoms with van der Waals surface area (Å²) in [5.41, 5.74) is 5.20. The van der Waals surface area contributed by atoms with Gasteiger partial charge in [0.15, 0.2) is 0 Å². The van der Waals surface area contributed by atoms with Crippen molar-refractivity contribution in [1.82, 2.24) is 10.1 Å². The summed E-state index contributed by atoms with van der Waals surface area (Å²) in [5, 5.41) is 7.17. The number of carbonyl (C=O) groups is 1. The van der Waals surface area contributed by atoms with E-state index in [9.17, 15) is 4.79 Å². The number of benzene rings is 2. The number of aryl methyl sites for hydroxylation is 2. The number of hydrogen-bond acceptors (Lipinski definition) is 5. The van der Waals surface area contributed by atoms with E-state index in [2.05, 4.69) is 15.5 Å². The Balaban J connectivity index is 1.64. The van der Waals surface area contributed by atoms with E-state index >= 15 is 0 Å². The number of methoxy groups -OCH3 is 1. The zero-order valence-corrected chi connectivity index (χ0v) is 17.5. The number of ether oxygens (including phenoxy) is 1. The smallest absolute Gasteiger partial charge is 0.239 e. The summed E-state index contributed by atoms with van der Waals surface area (Å²) in [4.78, 5) is 16.7. The lowest BCUT2D eigenvalue weighted by Gasteiger charge is -2.08. The SMILES string of the molecule is COc1ccc(-c2noc(NC(=O)CCc3ccccc3)c2-c2ccncc2)cc1C. The number of carbonyl (C=O) groups excluding carboxylic acids is 1. The summed E-state index contributed by atoms with van der Waals surface area (Å²) >= 11 is 0. The van der Waals surface area contributed by atoms with Crippen LogP contribution in [0.25, 0.3) is 22.4 Å².